The van der Waals surface area contributed by atoms with Gasteiger partial charge in [-0.2, -0.15) is 0 Å². The van der Waals surface area contributed by atoms with E-state index >= 15 is 0 Å². The van der Waals surface area contributed by atoms with E-state index in [1.165, 1.54) is 9.79 Å². The van der Waals surface area contributed by atoms with Crippen LogP contribution in [0.4, 0.5) is 0 Å². The van der Waals surface area contributed by atoms with Crippen LogP contribution >= 0.6 is 35.3 Å². The Morgan fingerprint density at radius 3 is 1.94 bits per heavy atom. The lowest BCUT2D eigenvalue weighted by Crippen LogP contribution is -1.84. The van der Waals surface area contributed by atoms with Crippen LogP contribution in [-0.4, -0.2) is 17.3 Å². The summed E-state index contributed by atoms with van der Waals surface area (Å²) >= 11 is 4.96. The van der Waals surface area contributed by atoms with Crippen LogP contribution in [0.5, 0.6) is 0 Å². The van der Waals surface area contributed by atoms with Crippen molar-refractivity contribution in [1.82, 2.24) is 0 Å². The Hall–Kier alpha value is -1.05. The molecular weight excluding hydrogens is 276 g/mol. The molecule has 0 amide bonds. The van der Waals surface area contributed by atoms with E-state index in [1.54, 1.807) is 35.3 Å². The van der Waals surface area contributed by atoms with Gasteiger partial charge in [-0.1, -0.05) is 17.8 Å². The Morgan fingerprint density at radius 2 is 1.33 bits per heavy atom. The van der Waals surface area contributed by atoms with Gasteiger partial charge >= 0.3 is 0 Å². The minimum absolute atomic E-state index is 0.660. The third-order valence-corrected chi connectivity index (χ3v) is 4.82. The van der Waals surface area contributed by atoms with Gasteiger partial charge < -0.3 is 0 Å². The predicted octanol–water partition coefficient (Wildman–Crippen LogP) is 3.86. The van der Waals surface area contributed by atoms with Gasteiger partial charge in [-0.15, -0.1) is 54.6 Å². The van der Waals surface area contributed by atoms with Crippen molar-refractivity contribution in [3.8, 4) is 37.0 Å². The van der Waals surface area contributed by atoms with E-state index in [9.17, 15) is 0 Å². The Labute approximate surface area is 122 Å². The van der Waals surface area contributed by atoms with Crippen LogP contribution in [0.3, 0.4) is 0 Å². The summed E-state index contributed by atoms with van der Waals surface area (Å²) in [5, 5.41) is 0. The number of rotatable bonds is 6. The molecule has 0 saturated carbocycles. The topological polar surface area (TPSA) is 0 Å². The third kappa shape index (κ3) is 5.07. The van der Waals surface area contributed by atoms with E-state index in [0.29, 0.717) is 17.3 Å². The zero-order chi connectivity index (χ0) is 13.2. The van der Waals surface area contributed by atoms with Gasteiger partial charge in [0.05, 0.1) is 17.3 Å². The van der Waals surface area contributed by atoms with E-state index in [4.69, 9.17) is 19.3 Å². The molecule has 0 aromatic heterocycles. The van der Waals surface area contributed by atoms with Crippen LogP contribution in [0, 0.1) is 37.0 Å². The van der Waals surface area contributed by atoms with Crippen molar-refractivity contribution < 1.29 is 0 Å². The molecule has 1 aromatic carbocycles. The first-order valence-corrected chi connectivity index (χ1v) is 8.10. The minimum Gasteiger partial charge on any atom is -0.119 e. The van der Waals surface area contributed by atoms with Crippen LogP contribution in [0.1, 0.15) is 0 Å². The summed E-state index contributed by atoms with van der Waals surface area (Å²) in [4.78, 5) is 3.52. The maximum atomic E-state index is 5.30. The smallest absolute Gasteiger partial charge is 0.0592 e. The highest BCUT2D eigenvalue weighted by atomic mass is 32.2. The molecule has 0 unspecified atom stereocenters. The molecule has 18 heavy (non-hydrogen) atoms. The van der Waals surface area contributed by atoms with E-state index in [-0.39, 0.29) is 0 Å². The maximum absolute atomic E-state index is 5.30. The normalized spacial score (nSPS) is 9.17. The number of thioether (sulfide) groups is 3. The molecule has 0 heterocycles. The molecule has 0 atom stereocenters. The monoisotopic (exact) mass is 288 g/mol. The molecule has 0 bridgehead atoms. The summed E-state index contributed by atoms with van der Waals surface area (Å²) < 4.78 is 0. The number of terminal acetylenes is 3. The van der Waals surface area contributed by atoms with E-state index in [1.807, 2.05) is 0 Å². The Kier molecular flexibility index (Phi) is 7.47. The van der Waals surface area contributed by atoms with Crippen LogP contribution in [0.25, 0.3) is 0 Å². The van der Waals surface area contributed by atoms with Crippen molar-refractivity contribution in [3.63, 3.8) is 0 Å². The molecule has 0 saturated heterocycles. The summed E-state index contributed by atoms with van der Waals surface area (Å²) in [5.74, 6) is 9.89. The van der Waals surface area contributed by atoms with E-state index in [2.05, 4.69) is 36.0 Å². The third-order valence-electron chi connectivity index (χ3n) is 1.86. The Morgan fingerprint density at radius 1 is 0.778 bits per heavy atom. The van der Waals surface area contributed by atoms with Gasteiger partial charge in [-0.25, -0.2) is 0 Å². The summed E-state index contributed by atoms with van der Waals surface area (Å²) in [7, 11) is 0. The summed E-state index contributed by atoms with van der Waals surface area (Å²) in [6.07, 6.45) is 15.9. The molecule has 1 aromatic rings. The fourth-order valence-corrected chi connectivity index (χ4v) is 3.48. The second-order valence-electron chi connectivity index (χ2n) is 3.09. The molecule has 0 aliphatic heterocycles. The zero-order valence-electron chi connectivity index (χ0n) is 9.81. The van der Waals surface area contributed by atoms with Gasteiger partial charge in [0.15, 0.2) is 0 Å². The van der Waals surface area contributed by atoms with Crippen LogP contribution < -0.4 is 0 Å². The molecule has 0 spiro atoms. The fraction of sp³-hybridized carbons (Fsp3) is 0.200. The molecule has 0 radical (unpaired) electrons. The molecule has 90 valence electrons. The predicted molar refractivity (Wildman–Crippen MR) is 85.1 cm³/mol. The van der Waals surface area contributed by atoms with Gasteiger partial charge in [0.2, 0.25) is 0 Å². The van der Waals surface area contributed by atoms with Gasteiger partial charge in [0.25, 0.3) is 0 Å². The van der Waals surface area contributed by atoms with Gasteiger partial charge in [0, 0.05) is 14.7 Å². The lowest BCUT2D eigenvalue weighted by molar-refractivity contribution is 1.19. The van der Waals surface area contributed by atoms with Crippen LogP contribution in [-0.2, 0) is 0 Å². The Bertz CT molecular complexity index is 512. The summed E-state index contributed by atoms with van der Waals surface area (Å²) in [6.45, 7) is 0. The number of hydrogen-bond donors (Lipinski definition) is 0. The fourth-order valence-electron chi connectivity index (χ4n) is 1.17. The molecule has 0 nitrogen and oxygen atoms in total. The largest absolute Gasteiger partial charge is 0.119 e. The van der Waals surface area contributed by atoms with Gasteiger partial charge in [0.1, 0.15) is 0 Å². The standard InChI is InChI=1S/C15H12S3/c1-4-9-16-13-7-8-14(17-10-5-2)15(12-13)18-11-6-3/h1-3,7-8,12H,9-11H2. The van der Waals surface area contributed by atoms with Crippen molar-refractivity contribution in [2.24, 2.45) is 0 Å². The maximum Gasteiger partial charge on any atom is 0.0592 e. The van der Waals surface area contributed by atoms with Crippen molar-refractivity contribution in [2.45, 2.75) is 14.7 Å². The molecule has 0 aliphatic carbocycles. The quantitative estimate of drug-likeness (QED) is 0.576. The van der Waals surface area contributed by atoms with Crippen molar-refractivity contribution in [2.75, 3.05) is 17.3 Å². The molecule has 1 rings (SSSR count). The lowest BCUT2D eigenvalue weighted by Gasteiger charge is -2.08. The Balaban J connectivity index is 2.87. The second kappa shape index (κ2) is 8.96. The molecule has 3 heteroatoms. The first-order chi connectivity index (χ1) is 8.81. The van der Waals surface area contributed by atoms with Crippen LogP contribution in [0.15, 0.2) is 32.9 Å². The van der Waals surface area contributed by atoms with Gasteiger partial charge in [-0.05, 0) is 18.2 Å². The second-order valence-corrected chi connectivity index (χ2v) is 6.17. The average molecular weight is 288 g/mol. The molecule has 0 fully saturated rings. The van der Waals surface area contributed by atoms with Crippen molar-refractivity contribution in [1.29, 1.82) is 0 Å². The average Bonchev–Trinajstić information content (AvgIpc) is 2.41. The highest BCUT2D eigenvalue weighted by Crippen LogP contribution is 2.34. The van der Waals surface area contributed by atoms with Crippen molar-refractivity contribution in [3.05, 3.63) is 18.2 Å². The first-order valence-electron chi connectivity index (χ1n) is 5.14. The number of hydrogen-bond acceptors (Lipinski definition) is 3. The summed E-state index contributed by atoms with van der Waals surface area (Å²) in [6, 6.07) is 6.28. The molecular formula is C15H12S3. The highest BCUT2D eigenvalue weighted by Gasteiger charge is 2.05. The minimum atomic E-state index is 0.660. The zero-order valence-corrected chi connectivity index (χ0v) is 12.3. The van der Waals surface area contributed by atoms with Gasteiger partial charge in [-0.3, -0.25) is 0 Å². The number of benzene rings is 1. The summed E-state index contributed by atoms with van der Waals surface area (Å²) in [5.41, 5.74) is 0. The van der Waals surface area contributed by atoms with E-state index in [0.717, 1.165) is 4.90 Å². The highest BCUT2D eigenvalue weighted by molar-refractivity contribution is 8.02. The van der Waals surface area contributed by atoms with Crippen molar-refractivity contribution >= 4 is 35.3 Å². The van der Waals surface area contributed by atoms with E-state index < -0.39 is 0 Å². The SMILES string of the molecule is C#CCSc1ccc(SCC#C)c(SCC#C)c1. The lowest BCUT2D eigenvalue weighted by atomic mass is 10.4. The van der Waals surface area contributed by atoms with Crippen LogP contribution in [0.2, 0.25) is 0 Å². The molecule has 0 aliphatic rings. The molecule has 0 N–H and O–H groups in total. The first kappa shape index (κ1) is 15.0.